The van der Waals surface area contributed by atoms with Gasteiger partial charge in [-0.05, 0) is 29.5 Å². The Balaban J connectivity index is 1.83. The van der Waals surface area contributed by atoms with Gasteiger partial charge in [0.2, 0.25) is 0 Å². The number of allylic oxidation sites excluding steroid dienone is 2. The number of para-hydroxylation sites is 1. The summed E-state index contributed by atoms with van der Waals surface area (Å²) in [4.78, 5) is 0. The van der Waals surface area contributed by atoms with Crippen molar-refractivity contribution in [3.05, 3.63) is 71.8 Å². The standard InChI is InChI=1S/C18H17NO/c20-16-11-5-10-15-13-8-4-9-14(13)17(19-18(15)16)12-6-2-1-3-7-12/h1-8,10-11,13-14,17,19-20H,9H2/t13-,14+,17+/m0/s1. The number of aromatic hydroxyl groups is 1. The molecular formula is C18H17NO. The van der Waals surface area contributed by atoms with Crippen molar-refractivity contribution in [2.75, 3.05) is 5.32 Å². The van der Waals surface area contributed by atoms with E-state index in [9.17, 15) is 5.11 Å². The van der Waals surface area contributed by atoms with E-state index < -0.39 is 0 Å². The number of phenols is 1. The number of hydrogen-bond acceptors (Lipinski definition) is 2. The van der Waals surface area contributed by atoms with Crippen molar-refractivity contribution in [2.45, 2.75) is 18.4 Å². The summed E-state index contributed by atoms with van der Waals surface area (Å²) in [5.41, 5.74) is 3.41. The normalized spacial score (nSPS) is 26.7. The Hall–Kier alpha value is -2.22. The summed E-state index contributed by atoms with van der Waals surface area (Å²) in [5.74, 6) is 1.29. The molecule has 3 atom stereocenters. The highest BCUT2D eigenvalue weighted by atomic mass is 16.3. The molecule has 2 nitrogen and oxygen atoms in total. The Kier molecular flexibility index (Phi) is 2.56. The molecule has 1 aliphatic carbocycles. The predicted molar refractivity (Wildman–Crippen MR) is 80.9 cm³/mol. The van der Waals surface area contributed by atoms with E-state index >= 15 is 0 Å². The molecule has 20 heavy (non-hydrogen) atoms. The van der Waals surface area contributed by atoms with Crippen LogP contribution in [0.15, 0.2) is 60.7 Å². The smallest absolute Gasteiger partial charge is 0.138 e. The molecule has 1 heterocycles. The molecule has 0 amide bonds. The third-order valence-corrected chi connectivity index (χ3v) is 4.53. The van der Waals surface area contributed by atoms with Gasteiger partial charge in [0.25, 0.3) is 0 Å². The zero-order valence-corrected chi connectivity index (χ0v) is 11.2. The van der Waals surface area contributed by atoms with E-state index in [1.807, 2.05) is 12.1 Å². The average molecular weight is 263 g/mol. The van der Waals surface area contributed by atoms with E-state index in [0.717, 1.165) is 12.1 Å². The maximum Gasteiger partial charge on any atom is 0.138 e. The second kappa shape index (κ2) is 4.41. The molecule has 2 aliphatic rings. The highest BCUT2D eigenvalue weighted by molar-refractivity contribution is 5.67. The third-order valence-electron chi connectivity index (χ3n) is 4.53. The summed E-state index contributed by atoms with van der Waals surface area (Å²) in [6.07, 6.45) is 5.65. The molecule has 0 saturated carbocycles. The van der Waals surface area contributed by atoms with Gasteiger partial charge >= 0.3 is 0 Å². The van der Waals surface area contributed by atoms with E-state index in [1.54, 1.807) is 6.07 Å². The van der Waals surface area contributed by atoms with Gasteiger partial charge in [0.1, 0.15) is 5.75 Å². The fourth-order valence-corrected chi connectivity index (χ4v) is 3.60. The number of rotatable bonds is 1. The van der Waals surface area contributed by atoms with Crippen LogP contribution in [0, 0.1) is 5.92 Å². The summed E-state index contributed by atoms with van der Waals surface area (Å²) in [6.45, 7) is 0. The van der Waals surface area contributed by atoms with Gasteiger partial charge in [-0.3, -0.25) is 0 Å². The molecule has 4 rings (SSSR count). The zero-order valence-electron chi connectivity index (χ0n) is 11.2. The van der Waals surface area contributed by atoms with Crippen LogP contribution in [0.25, 0.3) is 0 Å². The lowest BCUT2D eigenvalue weighted by Crippen LogP contribution is -2.29. The van der Waals surface area contributed by atoms with E-state index in [2.05, 4.69) is 47.8 Å². The van der Waals surface area contributed by atoms with Crippen LogP contribution in [0.3, 0.4) is 0 Å². The van der Waals surface area contributed by atoms with E-state index in [1.165, 1.54) is 11.1 Å². The Bertz CT molecular complexity index is 662. The van der Waals surface area contributed by atoms with Gasteiger partial charge in [-0.2, -0.15) is 0 Å². The van der Waals surface area contributed by atoms with Crippen molar-refractivity contribution < 1.29 is 5.11 Å². The third kappa shape index (κ3) is 1.64. The molecule has 1 aliphatic heterocycles. The molecule has 2 heteroatoms. The summed E-state index contributed by atoms with van der Waals surface area (Å²) in [6, 6.07) is 16.6. The molecule has 0 radical (unpaired) electrons. The summed E-state index contributed by atoms with van der Waals surface area (Å²) < 4.78 is 0. The highest BCUT2D eigenvalue weighted by Gasteiger charge is 2.38. The quantitative estimate of drug-likeness (QED) is 0.596. The number of fused-ring (bicyclic) bond motifs is 3. The molecule has 2 N–H and O–H groups in total. The molecule has 0 aromatic heterocycles. The number of anilines is 1. The van der Waals surface area contributed by atoms with Crippen LogP contribution in [0.2, 0.25) is 0 Å². The number of phenolic OH excluding ortho intramolecular Hbond substituents is 1. The lowest BCUT2D eigenvalue weighted by atomic mass is 9.77. The minimum Gasteiger partial charge on any atom is -0.506 e. The second-order valence-electron chi connectivity index (χ2n) is 5.63. The summed E-state index contributed by atoms with van der Waals surface area (Å²) >= 11 is 0. The number of benzene rings is 2. The Morgan fingerprint density at radius 1 is 1.00 bits per heavy atom. The van der Waals surface area contributed by atoms with Crippen molar-refractivity contribution in [2.24, 2.45) is 5.92 Å². The second-order valence-corrected chi connectivity index (χ2v) is 5.63. The van der Waals surface area contributed by atoms with Crippen LogP contribution in [0.1, 0.15) is 29.5 Å². The van der Waals surface area contributed by atoms with Crippen LogP contribution in [-0.2, 0) is 0 Å². The first-order valence-corrected chi connectivity index (χ1v) is 7.14. The minimum absolute atomic E-state index is 0.261. The van der Waals surface area contributed by atoms with E-state index in [4.69, 9.17) is 0 Å². The van der Waals surface area contributed by atoms with E-state index in [-0.39, 0.29) is 6.04 Å². The van der Waals surface area contributed by atoms with Crippen LogP contribution in [-0.4, -0.2) is 5.11 Å². The average Bonchev–Trinajstić information content (AvgIpc) is 2.97. The molecule has 100 valence electrons. The minimum atomic E-state index is 0.261. The Morgan fingerprint density at radius 2 is 1.85 bits per heavy atom. The van der Waals surface area contributed by atoms with E-state index in [0.29, 0.717) is 17.6 Å². The lowest BCUT2D eigenvalue weighted by molar-refractivity contribution is 0.415. The lowest BCUT2D eigenvalue weighted by Gasteiger charge is -2.37. The molecule has 0 bridgehead atoms. The molecule has 0 spiro atoms. The van der Waals surface area contributed by atoms with Crippen LogP contribution >= 0.6 is 0 Å². The fourth-order valence-electron chi connectivity index (χ4n) is 3.60. The Labute approximate surface area is 118 Å². The maximum absolute atomic E-state index is 10.2. The van der Waals surface area contributed by atoms with Crippen LogP contribution < -0.4 is 5.32 Å². The summed E-state index contributed by atoms with van der Waals surface area (Å²) in [5, 5.41) is 13.7. The molecule has 0 saturated heterocycles. The maximum atomic E-state index is 10.2. The predicted octanol–water partition coefficient (Wildman–Crippen LogP) is 4.22. The Morgan fingerprint density at radius 3 is 2.70 bits per heavy atom. The first kappa shape index (κ1) is 11.6. The van der Waals surface area contributed by atoms with Gasteiger partial charge in [0.15, 0.2) is 0 Å². The molecule has 0 fully saturated rings. The van der Waals surface area contributed by atoms with Gasteiger partial charge in [-0.1, -0.05) is 54.6 Å². The van der Waals surface area contributed by atoms with Gasteiger partial charge in [-0.15, -0.1) is 0 Å². The van der Waals surface area contributed by atoms with Gasteiger partial charge in [0.05, 0.1) is 11.7 Å². The molecule has 2 aromatic carbocycles. The largest absolute Gasteiger partial charge is 0.506 e. The highest BCUT2D eigenvalue weighted by Crippen LogP contribution is 2.51. The monoisotopic (exact) mass is 263 g/mol. The van der Waals surface area contributed by atoms with Crippen molar-refractivity contribution in [3.63, 3.8) is 0 Å². The van der Waals surface area contributed by atoms with Crippen molar-refractivity contribution in [3.8, 4) is 5.75 Å². The molecular weight excluding hydrogens is 246 g/mol. The summed E-state index contributed by atoms with van der Waals surface area (Å²) in [7, 11) is 0. The fraction of sp³-hybridized carbons (Fsp3) is 0.222. The van der Waals surface area contributed by atoms with Crippen molar-refractivity contribution >= 4 is 5.69 Å². The van der Waals surface area contributed by atoms with Crippen molar-refractivity contribution in [1.82, 2.24) is 0 Å². The SMILES string of the molecule is Oc1cccc2c1N[C@H](c1ccccc1)[C@@H]1CC=C[C@H]21. The van der Waals surface area contributed by atoms with Gasteiger partial charge < -0.3 is 10.4 Å². The van der Waals surface area contributed by atoms with Gasteiger partial charge in [0, 0.05) is 5.92 Å². The molecule has 2 aromatic rings. The first-order chi connectivity index (χ1) is 9.84. The van der Waals surface area contributed by atoms with Crippen LogP contribution in [0.4, 0.5) is 5.69 Å². The number of hydrogen-bond donors (Lipinski definition) is 2. The van der Waals surface area contributed by atoms with Crippen molar-refractivity contribution in [1.29, 1.82) is 0 Å². The topological polar surface area (TPSA) is 32.3 Å². The number of nitrogens with one attached hydrogen (secondary N) is 1. The molecule has 0 unspecified atom stereocenters. The van der Waals surface area contributed by atoms with Gasteiger partial charge in [-0.25, -0.2) is 0 Å². The first-order valence-electron chi connectivity index (χ1n) is 7.14. The van der Waals surface area contributed by atoms with Crippen LogP contribution in [0.5, 0.6) is 5.75 Å². The zero-order chi connectivity index (χ0) is 13.5.